The highest BCUT2D eigenvalue weighted by molar-refractivity contribution is 9.10. The lowest BCUT2D eigenvalue weighted by molar-refractivity contribution is -0.123. The van der Waals surface area contributed by atoms with Crippen LogP contribution < -0.4 is 10.2 Å². The summed E-state index contributed by atoms with van der Waals surface area (Å²) in [7, 11) is 0. The molecule has 0 aliphatic carbocycles. The van der Waals surface area contributed by atoms with Gasteiger partial charge in [-0.25, -0.2) is 5.43 Å². The van der Waals surface area contributed by atoms with Gasteiger partial charge in [0.2, 0.25) is 0 Å². The van der Waals surface area contributed by atoms with Crippen LogP contribution in [-0.4, -0.2) is 23.8 Å². The average Bonchev–Trinajstić information content (AvgIpc) is 2.55. The highest BCUT2D eigenvalue weighted by Crippen LogP contribution is 2.23. The van der Waals surface area contributed by atoms with Crippen LogP contribution in [0.25, 0.3) is 0 Å². The van der Waals surface area contributed by atoms with E-state index < -0.39 is 0 Å². The van der Waals surface area contributed by atoms with Crippen LogP contribution in [0.5, 0.6) is 11.5 Å². The first kappa shape index (κ1) is 17.0. The Morgan fingerprint density at radius 2 is 2.04 bits per heavy atom. The second-order valence-corrected chi connectivity index (χ2v) is 5.69. The Labute approximate surface area is 143 Å². The average molecular weight is 377 g/mol. The van der Waals surface area contributed by atoms with E-state index in [4.69, 9.17) is 4.74 Å². The van der Waals surface area contributed by atoms with Gasteiger partial charge in [0.1, 0.15) is 11.5 Å². The number of nitrogens with zero attached hydrogens (tertiary/aromatic N) is 1. The monoisotopic (exact) mass is 376 g/mol. The number of aryl methyl sites for hydroxylation is 1. The summed E-state index contributed by atoms with van der Waals surface area (Å²) >= 11 is 3.41. The van der Waals surface area contributed by atoms with Gasteiger partial charge in [-0.1, -0.05) is 22.9 Å². The highest BCUT2D eigenvalue weighted by Gasteiger charge is 2.06. The first-order chi connectivity index (χ1) is 11.1. The Hall–Kier alpha value is -2.34. The van der Waals surface area contributed by atoms with Crippen molar-refractivity contribution >= 4 is 28.1 Å². The number of nitrogens with one attached hydrogen (secondary N) is 1. The number of carbonyl (C=O) groups is 1. The standard InChI is InChI=1S/C17H17BrN2O3/c1-2-13-9-14(18)5-8-16(13)23-11-17(22)20-19-10-12-3-6-15(21)7-4-12/h3-10,21H,2,11H2,1H3,(H,20,22)/b19-10+. The van der Waals surface area contributed by atoms with Crippen LogP contribution >= 0.6 is 15.9 Å². The lowest BCUT2D eigenvalue weighted by Crippen LogP contribution is -2.24. The first-order valence-corrected chi connectivity index (χ1v) is 7.90. The molecule has 5 nitrogen and oxygen atoms in total. The number of benzene rings is 2. The van der Waals surface area contributed by atoms with Gasteiger partial charge in [0.05, 0.1) is 6.21 Å². The number of phenolic OH excluding ortho intramolecular Hbond substituents is 1. The molecule has 0 bridgehead atoms. The molecule has 120 valence electrons. The molecule has 6 heteroatoms. The number of aromatic hydroxyl groups is 1. The van der Waals surface area contributed by atoms with E-state index in [1.807, 2.05) is 25.1 Å². The summed E-state index contributed by atoms with van der Waals surface area (Å²) < 4.78 is 6.50. The van der Waals surface area contributed by atoms with Gasteiger partial charge in [-0.2, -0.15) is 5.10 Å². The van der Waals surface area contributed by atoms with Gasteiger partial charge >= 0.3 is 0 Å². The second kappa shape index (κ2) is 8.33. The summed E-state index contributed by atoms with van der Waals surface area (Å²) in [6, 6.07) is 12.1. The van der Waals surface area contributed by atoms with Gasteiger partial charge in [0.25, 0.3) is 5.91 Å². The molecule has 2 N–H and O–H groups in total. The maximum absolute atomic E-state index is 11.7. The molecule has 0 radical (unpaired) electrons. The van der Waals surface area contributed by atoms with Gasteiger partial charge < -0.3 is 9.84 Å². The molecule has 0 heterocycles. The third-order valence-electron chi connectivity index (χ3n) is 3.06. The molecule has 0 unspecified atom stereocenters. The fraction of sp³-hybridized carbons (Fsp3) is 0.176. The van der Waals surface area contributed by atoms with Crippen molar-refractivity contribution in [3.05, 3.63) is 58.1 Å². The van der Waals surface area contributed by atoms with Crippen LogP contribution in [0.15, 0.2) is 52.0 Å². The molecule has 1 amide bonds. The van der Waals surface area contributed by atoms with Crippen molar-refractivity contribution in [2.45, 2.75) is 13.3 Å². The van der Waals surface area contributed by atoms with Crippen LogP contribution in [0, 0.1) is 0 Å². The lowest BCUT2D eigenvalue weighted by atomic mass is 10.1. The molecule has 0 aliphatic rings. The molecule has 0 aliphatic heterocycles. The third-order valence-corrected chi connectivity index (χ3v) is 3.55. The van der Waals surface area contributed by atoms with Crippen LogP contribution in [0.2, 0.25) is 0 Å². The van der Waals surface area contributed by atoms with E-state index in [-0.39, 0.29) is 18.3 Å². The predicted octanol–water partition coefficient (Wildman–Crippen LogP) is 3.25. The fourth-order valence-corrected chi connectivity index (χ4v) is 2.29. The molecule has 0 saturated heterocycles. The highest BCUT2D eigenvalue weighted by atomic mass is 79.9. The molecule has 0 fully saturated rings. The Balaban J connectivity index is 1.84. The van der Waals surface area contributed by atoms with Gasteiger partial charge in [0, 0.05) is 4.47 Å². The van der Waals surface area contributed by atoms with E-state index in [1.54, 1.807) is 24.3 Å². The molecule has 0 aromatic heterocycles. The van der Waals surface area contributed by atoms with Crippen LogP contribution in [0.1, 0.15) is 18.1 Å². The number of ether oxygens (including phenoxy) is 1. The second-order valence-electron chi connectivity index (χ2n) is 4.78. The quantitative estimate of drug-likeness (QED) is 0.600. The normalized spacial score (nSPS) is 10.7. The Bertz CT molecular complexity index is 699. The van der Waals surface area contributed by atoms with Crippen molar-refractivity contribution in [3.63, 3.8) is 0 Å². The SMILES string of the molecule is CCc1cc(Br)ccc1OCC(=O)N/N=C/c1ccc(O)cc1. The topological polar surface area (TPSA) is 70.9 Å². The van der Waals surface area contributed by atoms with Crippen molar-refractivity contribution in [3.8, 4) is 11.5 Å². The van der Waals surface area contributed by atoms with Crippen molar-refractivity contribution in [1.82, 2.24) is 5.43 Å². The number of hydrogen-bond donors (Lipinski definition) is 2. The number of halogens is 1. The molecule has 0 atom stereocenters. The maximum Gasteiger partial charge on any atom is 0.277 e. The Morgan fingerprint density at radius 3 is 2.74 bits per heavy atom. The summed E-state index contributed by atoms with van der Waals surface area (Å²) in [6.45, 7) is 1.91. The van der Waals surface area contributed by atoms with Gasteiger partial charge in [-0.05, 0) is 60.0 Å². The minimum absolute atomic E-state index is 0.110. The summed E-state index contributed by atoms with van der Waals surface area (Å²) in [4.78, 5) is 11.7. The summed E-state index contributed by atoms with van der Waals surface area (Å²) in [5, 5.41) is 13.0. The van der Waals surface area contributed by atoms with Gasteiger partial charge in [-0.3, -0.25) is 4.79 Å². The first-order valence-electron chi connectivity index (χ1n) is 7.10. The number of phenols is 1. The number of hydrazone groups is 1. The minimum Gasteiger partial charge on any atom is -0.508 e. The molecule has 0 spiro atoms. The van der Waals surface area contributed by atoms with Crippen LogP contribution in [0.4, 0.5) is 0 Å². The minimum atomic E-state index is -0.343. The molecular weight excluding hydrogens is 360 g/mol. The molecular formula is C17H17BrN2O3. The van der Waals surface area contributed by atoms with Crippen molar-refractivity contribution < 1.29 is 14.6 Å². The van der Waals surface area contributed by atoms with E-state index in [0.29, 0.717) is 5.75 Å². The van der Waals surface area contributed by atoms with Crippen LogP contribution in [-0.2, 0) is 11.2 Å². The van der Waals surface area contributed by atoms with E-state index in [9.17, 15) is 9.90 Å². The van der Waals surface area contributed by atoms with Crippen molar-refractivity contribution in [2.24, 2.45) is 5.10 Å². The van der Waals surface area contributed by atoms with Crippen molar-refractivity contribution in [1.29, 1.82) is 0 Å². The third kappa shape index (κ3) is 5.41. The number of amides is 1. The summed E-state index contributed by atoms with van der Waals surface area (Å²) in [6.07, 6.45) is 2.31. The van der Waals surface area contributed by atoms with Crippen LogP contribution in [0.3, 0.4) is 0 Å². The maximum atomic E-state index is 11.7. The zero-order chi connectivity index (χ0) is 16.7. The largest absolute Gasteiger partial charge is 0.508 e. The fourth-order valence-electron chi connectivity index (χ4n) is 1.88. The molecule has 23 heavy (non-hydrogen) atoms. The van der Waals surface area contributed by atoms with E-state index in [2.05, 4.69) is 26.5 Å². The van der Waals surface area contributed by atoms with E-state index in [0.717, 1.165) is 22.0 Å². The van der Waals surface area contributed by atoms with Gasteiger partial charge in [-0.15, -0.1) is 0 Å². The number of carbonyl (C=O) groups excluding carboxylic acids is 1. The van der Waals surface area contributed by atoms with Crippen molar-refractivity contribution in [2.75, 3.05) is 6.61 Å². The van der Waals surface area contributed by atoms with Gasteiger partial charge in [0.15, 0.2) is 6.61 Å². The predicted molar refractivity (Wildman–Crippen MR) is 92.9 cm³/mol. The molecule has 0 saturated carbocycles. The van der Waals surface area contributed by atoms with E-state index >= 15 is 0 Å². The number of rotatable bonds is 6. The number of hydrogen-bond acceptors (Lipinski definition) is 4. The summed E-state index contributed by atoms with van der Waals surface area (Å²) in [5.74, 6) is 0.527. The molecule has 2 aromatic rings. The smallest absolute Gasteiger partial charge is 0.277 e. The zero-order valence-corrected chi connectivity index (χ0v) is 14.2. The Morgan fingerprint density at radius 1 is 1.30 bits per heavy atom. The lowest BCUT2D eigenvalue weighted by Gasteiger charge is -2.09. The molecule has 2 aromatic carbocycles. The van der Waals surface area contributed by atoms with E-state index in [1.165, 1.54) is 6.21 Å². The zero-order valence-electron chi connectivity index (χ0n) is 12.6. The molecule has 2 rings (SSSR count). The summed E-state index contributed by atoms with van der Waals surface area (Å²) in [5.41, 5.74) is 4.19. The Kier molecular flexibility index (Phi) is 6.17.